The molecule has 1 aromatic rings. The third-order valence-electron chi connectivity index (χ3n) is 2.22. The molecule has 0 aliphatic carbocycles. The Hall–Kier alpha value is -1.95. The zero-order valence-corrected chi connectivity index (χ0v) is 12.8. The summed E-state index contributed by atoms with van der Waals surface area (Å²) in [5, 5.41) is 11.9. The normalized spacial score (nSPS) is 12.4. The van der Waals surface area contributed by atoms with E-state index in [1.807, 2.05) is 0 Å². The first kappa shape index (κ1) is 17.1. The van der Waals surface area contributed by atoms with E-state index in [1.165, 1.54) is 0 Å². The van der Waals surface area contributed by atoms with Crippen LogP contribution in [0.4, 0.5) is 4.79 Å². The van der Waals surface area contributed by atoms with E-state index in [4.69, 9.17) is 26.2 Å². The van der Waals surface area contributed by atoms with Gasteiger partial charge in [0.1, 0.15) is 18.0 Å². The van der Waals surface area contributed by atoms with Crippen molar-refractivity contribution in [1.82, 2.24) is 5.32 Å². The van der Waals surface area contributed by atoms with Crippen LogP contribution in [0.25, 0.3) is 0 Å². The number of hydrogen-bond donors (Lipinski definition) is 2. The zero-order chi connectivity index (χ0) is 16.0. The van der Waals surface area contributed by atoms with Gasteiger partial charge in [-0.25, -0.2) is 9.59 Å². The molecule has 0 radical (unpaired) electrons. The Morgan fingerprint density at radius 1 is 1.29 bits per heavy atom. The van der Waals surface area contributed by atoms with E-state index in [-0.39, 0.29) is 6.61 Å². The number of rotatable bonds is 5. The molecule has 0 unspecified atom stereocenters. The predicted molar refractivity (Wildman–Crippen MR) is 77.7 cm³/mol. The van der Waals surface area contributed by atoms with Crippen LogP contribution < -0.4 is 10.1 Å². The van der Waals surface area contributed by atoms with Gasteiger partial charge in [0.05, 0.1) is 0 Å². The van der Waals surface area contributed by atoms with E-state index in [9.17, 15) is 9.59 Å². The van der Waals surface area contributed by atoms with Gasteiger partial charge >= 0.3 is 12.1 Å². The first-order chi connectivity index (χ1) is 9.67. The van der Waals surface area contributed by atoms with Gasteiger partial charge in [-0.1, -0.05) is 11.6 Å². The average molecular weight is 316 g/mol. The fraction of sp³-hybridized carbons (Fsp3) is 0.429. The molecule has 0 fully saturated rings. The van der Waals surface area contributed by atoms with E-state index in [0.29, 0.717) is 10.8 Å². The highest BCUT2D eigenvalue weighted by Crippen LogP contribution is 2.15. The number of amides is 1. The molecule has 0 heterocycles. The number of aliphatic carboxylic acids is 1. The maximum absolute atomic E-state index is 11.6. The van der Waals surface area contributed by atoms with Gasteiger partial charge < -0.3 is 19.9 Å². The number of carboxylic acids is 1. The van der Waals surface area contributed by atoms with Gasteiger partial charge in [-0.15, -0.1) is 0 Å². The van der Waals surface area contributed by atoms with Gasteiger partial charge in [0.2, 0.25) is 0 Å². The molecule has 1 aromatic carbocycles. The zero-order valence-electron chi connectivity index (χ0n) is 12.1. The molecular formula is C14H18ClNO5. The summed E-state index contributed by atoms with van der Waals surface area (Å²) in [5.41, 5.74) is -0.704. The molecule has 7 heteroatoms. The maximum Gasteiger partial charge on any atom is 0.408 e. The second-order valence-electron chi connectivity index (χ2n) is 5.30. The number of alkyl carbamates (subject to hydrolysis) is 1. The minimum absolute atomic E-state index is 0.226. The summed E-state index contributed by atoms with van der Waals surface area (Å²) in [7, 11) is 0. The topological polar surface area (TPSA) is 84.9 Å². The summed E-state index contributed by atoms with van der Waals surface area (Å²) in [6.45, 7) is 4.84. The van der Waals surface area contributed by atoms with Gasteiger partial charge in [-0.2, -0.15) is 0 Å². The highest BCUT2D eigenvalue weighted by Gasteiger charge is 2.24. The van der Waals surface area contributed by atoms with Gasteiger partial charge in [-0.05, 0) is 45.0 Å². The molecule has 0 spiro atoms. The fourth-order valence-corrected chi connectivity index (χ4v) is 1.46. The van der Waals surface area contributed by atoms with Crippen molar-refractivity contribution >= 4 is 23.7 Å². The Morgan fingerprint density at radius 3 is 2.33 bits per heavy atom. The number of hydrogen-bond acceptors (Lipinski definition) is 4. The molecule has 0 aliphatic rings. The van der Waals surface area contributed by atoms with Crippen LogP contribution in [0.15, 0.2) is 24.3 Å². The Balaban J connectivity index is 2.56. The van der Waals surface area contributed by atoms with E-state index in [0.717, 1.165) is 0 Å². The third kappa shape index (κ3) is 6.85. The van der Waals surface area contributed by atoms with Crippen molar-refractivity contribution in [3.63, 3.8) is 0 Å². The number of ether oxygens (including phenoxy) is 2. The largest absolute Gasteiger partial charge is 0.491 e. The molecule has 0 saturated heterocycles. The second kappa shape index (κ2) is 7.17. The van der Waals surface area contributed by atoms with E-state index in [1.54, 1.807) is 45.0 Å². The molecule has 116 valence electrons. The minimum Gasteiger partial charge on any atom is -0.491 e. The number of halogens is 1. The van der Waals surface area contributed by atoms with Gasteiger partial charge in [0.15, 0.2) is 6.04 Å². The molecular weight excluding hydrogens is 298 g/mol. The summed E-state index contributed by atoms with van der Waals surface area (Å²) in [6, 6.07) is 5.24. The molecule has 0 aliphatic heterocycles. The Bertz CT molecular complexity index is 495. The van der Waals surface area contributed by atoms with Crippen molar-refractivity contribution in [2.45, 2.75) is 32.4 Å². The summed E-state index contributed by atoms with van der Waals surface area (Å²) >= 11 is 5.73. The van der Waals surface area contributed by atoms with Crippen LogP contribution in [-0.4, -0.2) is 35.4 Å². The molecule has 0 bridgehead atoms. The predicted octanol–water partition coefficient (Wildman–Crippen LogP) is 2.70. The average Bonchev–Trinajstić information content (AvgIpc) is 2.33. The van der Waals surface area contributed by atoms with Crippen molar-refractivity contribution in [2.75, 3.05) is 6.61 Å². The van der Waals surface area contributed by atoms with Crippen LogP contribution in [-0.2, 0) is 9.53 Å². The molecule has 1 amide bonds. The van der Waals surface area contributed by atoms with Crippen molar-refractivity contribution in [3.05, 3.63) is 29.3 Å². The van der Waals surface area contributed by atoms with Crippen molar-refractivity contribution < 1.29 is 24.2 Å². The summed E-state index contributed by atoms with van der Waals surface area (Å²) in [4.78, 5) is 22.7. The lowest BCUT2D eigenvalue weighted by atomic mass is 10.2. The van der Waals surface area contributed by atoms with Crippen molar-refractivity contribution in [1.29, 1.82) is 0 Å². The van der Waals surface area contributed by atoms with Crippen LogP contribution in [0.3, 0.4) is 0 Å². The molecule has 21 heavy (non-hydrogen) atoms. The van der Waals surface area contributed by atoms with Crippen LogP contribution in [0.2, 0.25) is 5.02 Å². The molecule has 0 aromatic heterocycles. The van der Waals surface area contributed by atoms with E-state index < -0.39 is 23.7 Å². The van der Waals surface area contributed by atoms with E-state index in [2.05, 4.69) is 5.32 Å². The SMILES string of the molecule is CC(C)(C)OC(=O)N[C@H](COc1ccc(Cl)cc1)C(=O)O. The molecule has 1 rings (SSSR count). The van der Waals surface area contributed by atoms with Crippen LogP contribution in [0.5, 0.6) is 5.75 Å². The summed E-state index contributed by atoms with van der Waals surface area (Å²) in [6.07, 6.45) is -0.811. The quantitative estimate of drug-likeness (QED) is 0.872. The molecule has 2 N–H and O–H groups in total. The summed E-state index contributed by atoms with van der Waals surface area (Å²) < 4.78 is 10.3. The third-order valence-corrected chi connectivity index (χ3v) is 2.47. The lowest BCUT2D eigenvalue weighted by molar-refractivity contribution is -0.140. The highest BCUT2D eigenvalue weighted by atomic mass is 35.5. The number of nitrogens with one attached hydrogen (secondary N) is 1. The summed E-state index contributed by atoms with van der Waals surface area (Å²) in [5.74, 6) is -0.758. The molecule has 1 atom stereocenters. The van der Waals surface area contributed by atoms with Gasteiger partial charge in [0, 0.05) is 5.02 Å². The maximum atomic E-state index is 11.6. The monoisotopic (exact) mass is 315 g/mol. The van der Waals surface area contributed by atoms with Crippen LogP contribution in [0.1, 0.15) is 20.8 Å². The van der Waals surface area contributed by atoms with Crippen LogP contribution in [0, 0.1) is 0 Å². The standard InChI is InChI=1S/C14H18ClNO5/c1-14(2,3)21-13(19)16-11(12(17)18)8-20-10-6-4-9(15)5-7-10/h4-7,11H,8H2,1-3H3,(H,16,19)(H,17,18)/t11-/m1/s1. The van der Waals surface area contributed by atoms with Gasteiger partial charge in [-0.3, -0.25) is 0 Å². The lowest BCUT2D eigenvalue weighted by Gasteiger charge is -2.22. The van der Waals surface area contributed by atoms with E-state index >= 15 is 0 Å². The highest BCUT2D eigenvalue weighted by molar-refractivity contribution is 6.30. The first-order valence-electron chi connectivity index (χ1n) is 6.28. The fourth-order valence-electron chi connectivity index (χ4n) is 1.33. The number of carbonyl (C=O) groups is 2. The number of carbonyl (C=O) groups excluding carboxylic acids is 1. The van der Waals surface area contributed by atoms with Crippen molar-refractivity contribution in [3.8, 4) is 5.75 Å². The Labute approximate surface area is 128 Å². The molecule has 0 saturated carbocycles. The number of benzene rings is 1. The molecule has 6 nitrogen and oxygen atoms in total. The van der Waals surface area contributed by atoms with Crippen molar-refractivity contribution in [2.24, 2.45) is 0 Å². The van der Waals surface area contributed by atoms with Gasteiger partial charge in [0.25, 0.3) is 0 Å². The Morgan fingerprint density at radius 2 is 1.86 bits per heavy atom. The Kier molecular flexibility index (Phi) is 5.84. The number of carboxylic acid groups (broad SMARTS) is 1. The second-order valence-corrected chi connectivity index (χ2v) is 5.74. The minimum atomic E-state index is -1.21. The first-order valence-corrected chi connectivity index (χ1v) is 6.66. The van der Waals surface area contributed by atoms with Crippen LogP contribution >= 0.6 is 11.6 Å². The lowest BCUT2D eigenvalue weighted by Crippen LogP contribution is -2.46. The smallest absolute Gasteiger partial charge is 0.408 e.